The largest absolute Gasteiger partial charge is 0.462 e. The standard InChI is InChI=1S/C52H90O6/c1-4-7-10-13-16-19-22-24-25-26-27-28-31-33-36-39-42-45-51(54)57-48-49(47-56-50(53)44-41-38-35-32-29-21-18-15-12-9-6-3)58-52(55)46-43-40-37-34-30-23-20-17-14-11-8-5-2/h8,11,15,17-18,20-21,24-25,29,49H,4-7,9-10,12-14,16,19,22-23,26-28,30-48H2,1-3H3/b11-8-,18-15-,20-17-,25-24-,29-21-. The lowest BCUT2D eigenvalue weighted by atomic mass is 10.1. The molecule has 1 unspecified atom stereocenters. The normalized spacial score (nSPS) is 12.5. The molecule has 6 nitrogen and oxygen atoms in total. The van der Waals surface area contributed by atoms with Gasteiger partial charge in [0.25, 0.3) is 0 Å². The molecule has 0 aromatic heterocycles. The van der Waals surface area contributed by atoms with Gasteiger partial charge in [-0.2, -0.15) is 0 Å². The third-order valence-electron chi connectivity index (χ3n) is 10.3. The average Bonchev–Trinajstić information content (AvgIpc) is 3.22. The molecule has 0 aliphatic rings. The van der Waals surface area contributed by atoms with E-state index in [9.17, 15) is 14.4 Å². The average molecular weight is 811 g/mol. The summed E-state index contributed by atoms with van der Waals surface area (Å²) in [7, 11) is 0. The Balaban J connectivity index is 4.39. The highest BCUT2D eigenvalue weighted by atomic mass is 16.6. The molecule has 0 radical (unpaired) electrons. The lowest BCUT2D eigenvalue weighted by molar-refractivity contribution is -0.167. The third-order valence-corrected chi connectivity index (χ3v) is 10.3. The molecule has 0 aromatic carbocycles. The highest BCUT2D eigenvalue weighted by Crippen LogP contribution is 2.14. The van der Waals surface area contributed by atoms with Crippen LogP contribution >= 0.6 is 0 Å². The highest BCUT2D eigenvalue weighted by Gasteiger charge is 2.19. The highest BCUT2D eigenvalue weighted by molar-refractivity contribution is 5.71. The van der Waals surface area contributed by atoms with Gasteiger partial charge in [-0.1, -0.05) is 184 Å². The summed E-state index contributed by atoms with van der Waals surface area (Å²) in [6, 6.07) is 0. The molecule has 0 saturated heterocycles. The van der Waals surface area contributed by atoms with Gasteiger partial charge in [0, 0.05) is 19.3 Å². The Hall–Kier alpha value is -2.89. The van der Waals surface area contributed by atoms with Crippen molar-refractivity contribution >= 4 is 17.9 Å². The first-order valence-electron chi connectivity index (χ1n) is 24.3. The van der Waals surface area contributed by atoms with Crippen LogP contribution in [0.1, 0.15) is 233 Å². The summed E-state index contributed by atoms with van der Waals surface area (Å²) < 4.78 is 16.7. The predicted octanol–water partition coefficient (Wildman–Crippen LogP) is 15.7. The Morgan fingerprint density at radius 3 is 1.22 bits per heavy atom. The van der Waals surface area contributed by atoms with Crippen LogP contribution < -0.4 is 0 Å². The maximum absolute atomic E-state index is 12.7. The van der Waals surface area contributed by atoms with Gasteiger partial charge < -0.3 is 14.2 Å². The van der Waals surface area contributed by atoms with Crippen molar-refractivity contribution in [2.24, 2.45) is 0 Å². The molecular weight excluding hydrogens is 721 g/mol. The molecule has 0 saturated carbocycles. The summed E-state index contributed by atoms with van der Waals surface area (Å²) in [5.41, 5.74) is 0. The first-order valence-corrected chi connectivity index (χ1v) is 24.3. The van der Waals surface area contributed by atoms with Crippen molar-refractivity contribution in [1.82, 2.24) is 0 Å². The topological polar surface area (TPSA) is 78.9 Å². The molecule has 0 aromatic rings. The zero-order valence-electron chi connectivity index (χ0n) is 38.0. The van der Waals surface area contributed by atoms with Crippen molar-refractivity contribution in [3.8, 4) is 0 Å². The van der Waals surface area contributed by atoms with E-state index in [2.05, 4.69) is 81.5 Å². The molecule has 1 atom stereocenters. The molecular formula is C52H90O6. The third kappa shape index (κ3) is 44.2. The fraction of sp³-hybridized carbons (Fsp3) is 0.750. The van der Waals surface area contributed by atoms with Crippen molar-refractivity contribution < 1.29 is 28.6 Å². The van der Waals surface area contributed by atoms with Crippen molar-refractivity contribution in [3.05, 3.63) is 60.8 Å². The Morgan fingerprint density at radius 2 is 0.741 bits per heavy atom. The second kappa shape index (κ2) is 46.8. The minimum atomic E-state index is -0.791. The van der Waals surface area contributed by atoms with Crippen molar-refractivity contribution in [3.63, 3.8) is 0 Å². The molecule has 0 aliphatic carbocycles. The molecule has 0 aliphatic heterocycles. The van der Waals surface area contributed by atoms with Crippen molar-refractivity contribution in [1.29, 1.82) is 0 Å². The smallest absolute Gasteiger partial charge is 0.306 e. The van der Waals surface area contributed by atoms with Crippen molar-refractivity contribution in [2.45, 2.75) is 239 Å². The Bertz CT molecular complexity index is 1070. The van der Waals surface area contributed by atoms with E-state index in [-0.39, 0.29) is 31.1 Å². The maximum atomic E-state index is 12.7. The monoisotopic (exact) mass is 811 g/mol. The SMILES string of the molecule is CC/C=C\C/C=C\CCCCCCCC(=O)OC(COC(=O)CCCCC/C=C\C=C/CCCC)COC(=O)CCCCCCCCC/C=C\CCCCCCCC. The van der Waals surface area contributed by atoms with Gasteiger partial charge in [0.05, 0.1) is 0 Å². The number of ether oxygens (including phenoxy) is 3. The van der Waals surface area contributed by atoms with Gasteiger partial charge in [-0.15, -0.1) is 0 Å². The van der Waals surface area contributed by atoms with Gasteiger partial charge in [-0.25, -0.2) is 0 Å². The Morgan fingerprint density at radius 1 is 0.379 bits per heavy atom. The number of unbranched alkanes of at least 4 members (excludes halogenated alkanes) is 23. The first kappa shape index (κ1) is 55.1. The number of rotatable bonds is 43. The quantitative estimate of drug-likeness (QED) is 0.0201. The van der Waals surface area contributed by atoms with E-state index in [0.717, 1.165) is 103 Å². The molecule has 6 heteroatoms. The van der Waals surface area contributed by atoms with Crippen molar-refractivity contribution in [2.75, 3.05) is 13.2 Å². The number of esters is 3. The molecule has 0 heterocycles. The van der Waals surface area contributed by atoms with Gasteiger partial charge in [-0.05, 0) is 89.9 Å². The van der Waals surface area contributed by atoms with Crippen LogP contribution in [0.3, 0.4) is 0 Å². The van der Waals surface area contributed by atoms with Crippen LogP contribution in [0.25, 0.3) is 0 Å². The van der Waals surface area contributed by atoms with E-state index in [1.54, 1.807) is 0 Å². The van der Waals surface area contributed by atoms with Gasteiger partial charge in [0.1, 0.15) is 13.2 Å². The van der Waals surface area contributed by atoms with E-state index >= 15 is 0 Å². The Labute approximate surface area is 358 Å². The van der Waals surface area contributed by atoms with Crippen LogP contribution in [0.2, 0.25) is 0 Å². The molecule has 0 N–H and O–H groups in total. The van der Waals surface area contributed by atoms with E-state index in [1.807, 2.05) is 0 Å². The number of carbonyl (C=O) groups is 3. The van der Waals surface area contributed by atoms with Crippen LogP contribution in [0.4, 0.5) is 0 Å². The molecule has 0 rings (SSSR count). The number of hydrogen-bond acceptors (Lipinski definition) is 6. The fourth-order valence-electron chi connectivity index (χ4n) is 6.57. The molecule has 0 spiro atoms. The molecule has 0 amide bonds. The fourth-order valence-corrected chi connectivity index (χ4v) is 6.57. The summed E-state index contributed by atoms with van der Waals surface area (Å²) in [4.78, 5) is 37.8. The predicted molar refractivity (Wildman–Crippen MR) is 247 cm³/mol. The van der Waals surface area contributed by atoms with Gasteiger partial charge >= 0.3 is 17.9 Å². The Kier molecular flexibility index (Phi) is 44.5. The summed E-state index contributed by atoms with van der Waals surface area (Å²) in [5.74, 6) is -0.940. The zero-order valence-corrected chi connectivity index (χ0v) is 38.0. The first-order chi connectivity index (χ1) is 28.5. The molecule has 334 valence electrons. The van der Waals surface area contributed by atoms with E-state index in [4.69, 9.17) is 14.2 Å². The molecule has 58 heavy (non-hydrogen) atoms. The molecule has 0 bridgehead atoms. The second-order valence-electron chi connectivity index (χ2n) is 16.0. The van der Waals surface area contributed by atoms with Gasteiger partial charge in [-0.3, -0.25) is 14.4 Å². The van der Waals surface area contributed by atoms with Crippen LogP contribution in [0.5, 0.6) is 0 Å². The van der Waals surface area contributed by atoms with E-state index in [0.29, 0.717) is 19.3 Å². The summed E-state index contributed by atoms with van der Waals surface area (Å²) >= 11 is 0. The maximum Gasteiger partial charge on any atom is 0.306 e. The summed E-state index contributed by atoms with van der Waals surface area (Å²) in [6.45, 7) is 6.42. The zero-order chi connectivity index (χ0) is 42.3. The summed E-state index contributed by atoms with van der Waals surface area (Å²) in [5, 5.41) is 0. The van der Waals surface area contributed by atoms with Gasteiger partial charge in [0.2, 0.25) is 0 Å². The number of hydrogen-bond donors (Lipinski definition) is 0. The summed E-state index contributed by atoms with van der Waals surface area (Å²) in [6.07, 6.45) is 56.4. The van der Waals surface area contributed by atoms with Crippen LogP contribution in [-0.4, -0.2) is 37.2 Å². The van der Waals surface area contributed by atoms with Gasteiger partial charge in [0.15, 0.2) is 6.10 Å². The van der Waals surface area contributed by atoms with E-state index < -0.39 is 6.10 Å². The minimum Gasteiger partial charge on any atom is -0.462 e. The van der Waals surface area contributed by atoms with E-state index in [1.165, 1.54) is 89.9 Å². The van der Waals surface area contributed by atoms with Crippen LogP contribution in [0, 0.1) is 0 Å². The molecule has 0 fully saturated rings. The number of carbonyl (C=O) groups excluding carboxylic acids is 3. The number of allylic oxidation sites excluding steroid dienone is 10. The van der Waals surface area contributed by atoms with Crippen LogP contribution in [0.15, 0.2) is 60.8 Å². The lowest BCUT2D eigenvalue weighted by Crippen LogP contribution is -2.30. The minimum absolute atomic E-state index is 0.0910. The van der Waals surface area contributed by atoms with Crippen LogP contribution in [-0.2, 0) is 28.6 Å². The second-order valence-corrected chi connectivity index (χ2v) is 16.0. The lowest BCUT2D eigenvalue weighted by Gasteiger charge is -2.18.